The Bertz CT molecular complexity index is 714. The number of hydrogen-bond acceptors (Lipinski definition) is 6. The van der Waals surface area contributed by atoms with Crippen molar-refractivity contribution in [3.8, 4) is 0 Å². The van der Waals surface area contributed by atoms with E-state index in [2.05, 4.69) is 20.5 Å². The Labute approximate surface area is 141 Å². The van der Waals surface area contributed by atoms with Crippen molar-refractivity contribution in [1.82, 2.24) is 20.2 Å². The summed E-state index contributed by atoms with van der Waals surface area (Å²) in [4.78, 5) is 9.38. The van der Waals surface area contributed by atoms with Crippen LogP contribution in [-0.2, 0) is 9.47 Å². The zero-order valence-corrected chi connectivity index (χ0v) is 14.1. The van der Waals surface area contributed by atoms with Crippen LogP contribution in [0.15, 0.2) is 12.1 Å². The smallest absolute Gasteiger partial charge is 0.168 e. The normalized spacial score (nSPS) is 20.6. The molecule has 0 amide bonds. The summed E-state index contributed by atoms with van der Waals surface area (Å²) >= 11 is 0. The minimum Gasteiger partial charge on any atom is -0.348 e. The molecule has 1 aliphatic carbocycles. The van der Waals surface area contributed by atoms with Crippen molar-refractivity contribution >= 4 is 11.6 Å². The molecule has 2 fully saturated rings. The second kappa shape index (κ2) is 6.14. The van der Waals surface area contributed by atoms with E-state index in [4.69, 9.17) is 14.5 Å². The zero-order chi connectivity index (χ0) is 16.6. The fourth-order valence-corrected chi connectivity index (χ4v) is 3.55. The van der Waals surface area contributed by atoms with Crippen molar-refractivity contribution in [3.05, 3.63) is 29.3 Å². The Morgan fingerprint density at radius 1 is 1.08 bits per heavy atom. The molecule has 0 bridgehead atoms. The molecule has 0 unspecified atom stereocenters. The van der Waals surface area contributed by atoms with Crippen LogP contribution in [0.25, 0.3) is 0 Å². The van der Waals surface area contributed by atoms with Crippen LogP contribution in [0.4, 0.5) is 11.6 Å². The highest BCUT2D eigenvalue weighted by molar-refractivity contribution is 5.52. The molecule has 7 heteroatoms. The number of ether oxygens (including phenoxy) is 2. The maximum Gasteiger partial charge on any atom is 0.168 e. The number of nitrogens with zero attached hydrogens (tertiary/aromatic N) is 3. The van der Waals surface area contributed by atoms with Crippen molar-refractivity contribution in [2.75, 3.05) is 18.5 Å². The summed E-state index contributed by atoms with van der Waals surface area (Å²) in [5.74, 6) is 2.47. The summed E-state index contributed by atoms with van der Waals surface area (Å²) in [5, 5.41) is 10.4. The van der Waals surface area contributed by atoms with E-state index in [0.29, 0.717) is 19.1 Å². The van der Waals surface area contributed by atoms with Gasteiger partial charge in [-0.15, -0.1) is 0 Å². The maximum absolute atomic E-state index is 5.81. The highest BCUT2D eigenvalue weighted by atomic mass is 16.7. The molecule has 0 radical (unpaired) electrons. The quantitative estimate of drug-likeness (QED) is 0.900. The van der Waals surface area contributed by atoms with Crippen LogP contribution in [0.3, 0.4) is 0 Å². The molecule has 128 valence electrons. The SMILES string of the molecule is Cc1cc(Nc2cc(C)[nH]n2)nc(C2CCC3(CC2)OCCO3)n1. The first-order chi connectivity index (χ1) is 11.6. The number of nitrogens with one attached hydrogen (secondary N) is 2. The lowest BCUT2D eigenvalue weighted by Gasteiger charge is -2.34. The largest absolute Gasteiger partial charge is 0.348 e. The molecule has 1 spiro atoms. The average Bonchev–Trinajstić information content (AvgIpc) is 3.17. The lowest BCUT2D eigenvalue weighted by molar-refractivity contribution is -0.179. The van der Waals surface area contributed by atoms with Gasteiger partial charge in [-0.2, -0.15) is 5.10 Å². The van der Waals surface area contributed by atoms with Gasteiger partial charge in [0.25, 0.3) is 0 Å². The molecule has 4 rings (SSSR count). The molecular formula is C17H23N5O2. The van der Waals surface area contributed by atoms with Crippen molar-refractivity contribution in [3.63, 3.8) is 0 Å². The Morgan fingerprint density at radius 2 is 1.83 bits per heavy atom. The lowest BCUT2D eigenvalue weighted by atomic mass is 9.84. The van der Waals surface area contributed by atoms with E-state index in [-0.39, 0.29) is 5.79 Å². The monoisotopic (exact) mass is 329 g/mol. The van der Waals surface area contributed by atoms with Crippen LogP contribution in [0.2, 0.25) is 0 Å². The van der Waals surface area contributed by atoms with Gasteiger partial charge < -0.3 is 14.8 Å². The number of hydrogen-bond donors (Lipinski definition) is 2. The first-order valence-electron chi connectivity index (χ1n) is 8.54. The standard InChI is InChI=1S/C17H23N5O2/c1-11-9-14(19-15-10-12(2)21-22-15)20-16(18-11)13-3-5-17(6-4-13)23-7-8-24-17/h9-10,13H,3-8H2,1-2H3,(H2,18,19,20,21,22). The molecule has 1 saturated carbocycles. The molecule has 2 aromatic rings. The highest BCUT2D eigenvalue weighted by Gasteiger charge is 2.41. The van der Waals surface area contributed by atoms with Crippen LogP contribution >= 0.6 is 0 Å². The van der Waals surface area contributed by atoms with E-state index in [1.165, 1.54) is 0 Å². The number of rotatable bonds is 3. The molecule has 2 aromatic heterocycles. The molecule has 24 heavy (non-hydrogen) atoms. The first kappa shape index (κ1) is 15.5. The second-order valence-electron chi connectivity index (χ2n) is 6.70. The van der Waals surface area contributed by atoms with Crippen LogP contribution in [0.1, 0.15) is 48.8 Å². The molecule has 3 heterocycles. The molecular weight excluding hydrogens is 306 g/mol. The van der Waals surface area contributed by atoms with Crippen LogP contribution in [0, 0.1) is 13.8 Å². The molecule has 1 saturated heterocycles. The number of aromatic amines is 1. The summed E-state index contributed by atoms with van der Waals surface area (Å²) in [6.45, 7) is 5.39. The Hall–Kier alpha value is -1.99. The van der Waals surface area contributed by atoms with Crippen LogP contribution in [-0.4, -0.2) is 39.2 Å². The van der Waals surface area contributed by atoms with Gasteiger partial charge in [0.2, 0.25) is 0 Å². The topological polar surface area (TPSA) is 85.0 Å². The van der Waals surface area contributed by atoms with E-state index in [1.54, 1.807) is 0 Å². The van der Waals surface area contributed by atoms with Crippen LogP contribution < -0.4 is 5.32 Å². The second-order valence-corrected chi connectivity index (χ2v) is 6.70. The van der Waals surface area contributed by atoms with E-state index in [0.717, 1.165) is 54.5 Å². The Kier molecular flexibility index (Phi) is 3.97. The minimum atomic E-state index is -0.339. The highest BCUT2D eigenvalue weighted by Crippen LogP contribution is 2.41. The van der Waals surface area contributed by atoms with Gasteiger partial charge in [-0.1, -0.05) is 0 Å². The summed E-state index contributed by atoms with van der Waals surface area (Å²) < 4.78 is 11.6. The summed E-state index contributed by atoms with van der Waals surface area (Å²) in [7, 11) is 0. The summed E-state index contributed by atoms with van der Waals surface area (Å²) in [6, 6.07) is 3.90. The number of aromatic nitrogens is 4. The molecule has 0 atom stereocenters. The molecule has 7 nitrogen and oxygen atoms in total. The Morgan fingerprint density at radius 3 is 2.50 bits per heavy atom. The van der Waals surface area contributed by atoms with Gasteiger partial charge in [0, 0.05) is 42.3 Å². The fraction of sp³-hybridized carbons (Fsp3) is 0.588. The third kappa shape index (κ3) is 3.14. The molecule has 2 N–H and O–H groups in total. The summed E-state index contributed by atoms with van der Waals surface area (Å²) in [5.41, 5.74) is 1.97. The van der Waals surface area contributed by atoms with Gasteiger partial charge in [0.15, 0.2) is 11.6 Å². The van der Waals surface area contributed by atoms with Gasteiger partial charge in [-0.25, -0.2) is 9.97 Å². The average molecular weight is 329 g/mol. The summed E-state index contributed by atoms with van der Waals surface area (Å²) in [6.07, 6.45) is 3.81. The van der Waals surface area contributed by atoms with Gasteiger partial charge in [-0.3, -0.25) is 5.10 Å². The van der Waals surface area contributed by atoms with Gasteiger partial charge in [-0.05, 0) is 26.7 Å². The van der Waals surface area contributed by atoms with E-state index in [9.17, 15) is 0 Å². The van der Waals surface area contributed by atoms with Gasteiger partial charge >= 0.3 is 0 Å². The zero-order valence-electron chi connectivity index (χ0n) is 14.1. The van der Waals surface area contributed by atoms with Crippen molar-refractivity contribution in [2.24, 2.45) is 0 Å². The maximum atomic E-state index is 5.81. The van der Waals surface area contributed by atoms with Crippen molar-refractivity contribution in [1.29, 1.82) is 0 Å². The Balaban J connectivity index is 1.49. The third-order valence-corrected chi connectivity index (χ3v) is 4.76. The van der Waals surface area contributed by atoms with E-state index in [1.807, 2.05) is 26.0 Å². The third-order valence-electron chi connectivity index (χ3n) is 4.76. The van der Waals surface area contributed by atoms with Gasteiger partial charge in [0.1, 0.15) is 11.6 Å². The molecule has 2 aliphatic rings. The van der Waals surface area contributed by atoms with Crippen molar-refractivity contribution < 1.29 is 9.47 Å². The van der Waals surface area contributed by atoms with Gasteiger partial charge in [0.05, 0.1) is 13.2 Å². The fourth-order valence-electron chi connectivity index (χ4n) is 3.55. The van der Waals surface area contributed by atoms with E-state index < -0.39 is 0 Å². The van der Waals surface area contributed by atoms with Crippen molar-refractivity contribution in [2.45, 2.75) is 51.2 Å². The predicted molar refractivity (Wildman–Crippen MR) is 89.2 cm³/mol. The number of aryl methyl sites for hydroxylation is 2. The van der Waals surface area contributed by atoms with Crippen LogP contribution in [0.5, 0.6) is 0 Å². The lowest BCUT2D eigenvalue weighted by Crippen LogP contribution is -2.35. The predicted octanol–water partition coefficient (Wildman–Crippen LogP) is 2.96. The number of anilines is 2. The molecule has 1 aliphatic heterocycles. The first-order valence-corrected chi connectivity index (χ1v) is 8.54. The number of H-pyrrole nitrogens is 1. The molecule has 0 aromatic carbocycles. The minimum absolute atomic E-state index is 0.339. The van der Waals surface area contributed by atoms with E-state index >= 15 is 0 Å².